The summed E-state index contributed by atoms with van der Waals surface area (Å²) in [6.45, 7) is 7.04. The van der Waals surface area contributed by atoms with Gasteiger partial charge < -0.3 is 10.4 Å². The summed E-state index contributed by atoms with van der Waals surface area (Å²) >= 11 is 1.62. The smallest absolute Gasteiger partial charge is 0.244 e. The first-order chi connectivity index (χ1) is 10.3. The summed E-state index contributed by atoms with van der Waals surface area (Å²) in [6.07, 6.45) is 8.83. The number of nitrogens with one attached hydrogen (secondary N) is 1. The Morgan fingerprint density at radius 2 is 2.27 bits per heavy atom. The molecule has 0 aliphatic heterocycles. The Kier molecular flexibility index (Phi) is 5.75. The minimum absolute atomic E-state index is 0.0425. The van der Waals surface area contributed by atoms with E-state index in [4.69, 9.17) is 0 Å². The Labute approximate surface area is 136 Å². The van der Waals surface area contributed by atoms with E-state index < -0.39 is 0 Å². The summed E-state index contributed by atoms with van der Waals surface area (Å²) in [5, 5.41) is 13.6. The number of thiazole rings is 1. The zero-order chi connectivity index (χ0) is 16.2. The van der Waals surface area contributed by atoms with Crippen molar-refractivity contribution in [1.29, 1.82) is 0 Å². The molecule has 4 nitrogen and oxygen atoms in total. The maximum Gasteiger partial charge on any atom is 0.244 e. The first kappa shape index (κ1) is 17.2. The first-order valence-corrected chi connectivity index (χ1v) is 8.76. The zero-order valence-electron chi connectivity index (χ0n) is 13.6. The predicted octanol–water partition coefficient (Wildman–Crippen LogP) is 3.12. The third-order valence-corrected chi connectivity index (χ3v) is 5.27. The Morgan fingerprint density at radius 3 is 2.91 bits per heavy atom. The number of carbonyl (C=O) groups is 1. The lowest BCUT2D eigenvalue weighted by molar-refractivity contribution is -0.116. The molecule has 0 saturated heterocycles. The molecule has 5 heteroatoms. The van der Waals surface area contributed by atoms with Gasteiger partial charge in [0.05, 0.1) is 11.1 Å². The van der Waals surface area contributed by atoms with Crippen LogP contribution in [0.15, 0.2) is 12.3 Å². The molecular weight excluding hydrogens is 296 g/mol. The van der Waals surface area contributed by atoms with E-state index in [0.717, 1.165) is 35.6 Å². The fourth-order valence-electron chi connectivity index (χ4n) is 2.62. The molecule has 0 radical (unpaired) electrons. The Bertz CT molecular complexity index is 531. The van der Waals surface area contributed by atoms with Crippen molar-refractivity contribution in [2.24, 2.45) is 5.92 Å². The normalized spacial score (nSPS) is 22.9. The average Bonchev–Trinajstić information content (AvgIpc) is 2.92. The summed E-state index contributed by atoms with van der Waals surface area (Å²) in [6, 6.07) is 0. The average molecular weight is 322 g/mol. The van der Waals surface area contributed by atoms with Gasteiger partial charge in [0.1, 0.15) is 0 Å². The number of aliphatic hydroxyl groups is 1. The van der Waals surface area contributed by atoms with E-state index >= 15 is 0 Å². The van der Waals surface area contributed by atoms with E-state index in [-0.39, 0.29) is 17.4 Å². The van der Waals surface area contributed by atoms with Crippen molar-refractivity contribution >= 4 is 23.3 Å². The molecule has 122 valence electrons. The van der Waals surface area contributed by atoms with Crippen LogP contribution in [-0.2, 0) is 10.2 Å². The lowest BCUT2D eigenvalue weighted by Crippen LogP contribution is -2.31. The molecule has 0 spiro atoms. The maximum atomic E-state index is 11.9. The number of carbonyl (C=O) groups excluding carboxylic acids is 1. The van der Waals surface area contributed by atoms with Crippen LogP contribution in [0.1, 0.15) is 56.3 Å². The lowest BCUT2D eigenvalue weighted by atomic mass is 9.87. The summed E-state index contributed by atoms with van der Waals surface area (Å²) in [7, 11) is 0. The van der Waals surface area contributed by atoms with E-state index in [1.807, 2.05) is 12.3 Å². The summed E-state index contributed by atoms with van der Waals surface area (Å²) in [4.78, 5) is 17.3. The van der Waals surface area contributed by atoms with E-state index in [9.17, 15) is 9.90 Å². The predicted molar refractivity (Wildman–Crippen MR) is 90.8 cm³/mol. The highest BCUT2D eigenvalue weighted by Crippen LogP contribution is 2.27. The van der Waals surface area contributed by atoms with Crippen molar-refractivity contribution in [2.45, 2.75) is 58.0 Å². The second kappa shape index (κ2) is 7.38. The van der Waals surface area contributed by atoms with E-state index in [0.29, 0.717) is 12.5 Å². The molecule has 1 amide bonds. The van der Waals surface area contributed by atoms with Crippen LogP contribution in [0.4, 0.5) is 0 Å². The SMILES string of the molecule is CC(C)(C)c1ncc(/C=C/C(=O)NCC2CCCC(O)C2)s1. The minimum Gasteiger partial charge on any atom is -0.393 e. The molecule has 1 saturated carbocycles. The van der Waals surface area contributed by atoms with Crippen LogP contribution in [-0.4, -0.2) is 28.6 Å². The number of hydrogen-bond acceptors (Lipinski definition) is 4. The first-order valence-electron chi connectivity index (χ1n) is 7.95. The van der Waals surface area contributed by atoms with E-state index in [1.165, 1.54) is 0 Å². The van der Waals surface area contributed by atoms with Crippen molar-refractivity contribution in [1.82, 2.24) is 10.3 Å². The second-order valence-electron chi connectivity index (χ2n) is 7.08. The Morgan fingerprint density at radius 1 is 1.50 bits per heavy atom. The summed E-state index contributed by atoms with van der Waals surface area (Å²) in [5.74, 6) is 0.322. The molecule has 1 aromatic rings. The second-order valence-corrected chi connectivity index (χ2v) is 8.14. The number of nitrogens with zero attached hydrogens (tertiary/aromatic N) is 1. The zero-order valence-corrected chi connectivity index (χ0v) is 14.4. The van der Waals surface area contributed by atoms with Crippen molar-refractivity contribution < 1.29 is 9.90 Å². The topological polar surface area (TPSA) is 62.2 Å². The van der Waals surface area contributed by atoms with Gasteiger partial charge >= 0.3 is 0 Å². The van der Waals surface area contributed by atoms with Gasteiger partial charge in [-0.25, -0.2) is 4.98 Å². The van der Waals surface area contributed by atoms with Gasteiger partial charge in [-0.3, -0.25) is 4.79 Å². The number of aliphatic hydroxyl groups excluding tert-OH is 1. The van der Waals surface area contributed by atoms with Gasteiger partial charge in [-0.05, 0) is 31.3 Å². The van der Waals surface area contributed by atoms with Crippen LogP contribution in [0.5, 0.6) is 0 Å². The van der Waals surface area contributed by atoms with Gasteiger partial charge in [-0.1, -0.05) is 27.2 Å². The standard InChI is InChI=1S/C17H26N2O2S/c1-17(2,3)16-19-11-14(22-16)7-8-15(21)18-10-12-5-4-6-13(20)9-12/h7-8,11-13,20H,4-6,9-10H2,1-3H3,(H,18,21)/b8-7+. The molecule has 1 aliphatic carbocycles. The van der Waals surface area contributed by atoms with Gasteiger partial charge in [0, 0.05) is 29.1 Å². The molecule has 2 atom stereocenters. The van der Waals surface area contributed by atoms with Crippen molar-refractivity contribution in [3.8, 4) is 0 Å². The van der Waals surface area contributed by atoms with Crippen LogP contribution in [0.25, 0.3) is 6.08 Å². The van der Waals surface area contributed by atoms with E-state index in [1.54, 1.807) is 17.4 Å². The molecule has 2 N–H and O–H groups in total. The molecule has 2 unspecified atom stereocenters. The van der Waals surface area contributed by atoms with Crippen LogP contribution in [0.2, 0.25) is 0 Å². The van der Waals surface area contributed by atoms with Crippen molar-refractivity contribution in [3.05, 3.63) is 22.2 Å². The lowest BCUT2D eigenvalue weighted by Gasteiger charge is -2.25. The number of aromatic nitrogens is 1. The molecule has 0 aromatic carbocycles. The molecule has 22 heavy (non-hydrogen) atoms. The van der Waals surface area contributed by atoms with Gasteiger partial charge in [-0.15, -0.1) is 11.3 Å². The third kappa shape index (κ3) is 5.21. The molecule has 1 aliphatic rings. The fourth-order valence-corrected chi connectivity index (χ4v) is 3.50. The van der Waals surface area contributed by atoms with Crippen LogP contribution in [0.3, 0.4) is 0 Å². The number of amides is 1. The molecule has 2 rings (SSSR count). The van der Waals surface area contributed by atoms with Gasteiger partial charge in [0.2, 0.25) is 5.91 Å². The third-order valence-electron chi connectivity index (χ3n) is 3.88. The minimum atomic E-state index is -0.195. The van der Waals surface area contributed by atoms with Gasteiger partial charge in [-0.2, -0.15) is 0 Å². The largest absolute Gasteiger partial charge is 0.393 e. The van der Waals surface area contributed by atoms with Crippen molar-refractivity contribution in [3.63, 3.8) is 0 Å². The fraction of sp³-hybridized carbons (Fsp3) is 0.647. The number of rotatable bonds is 4. The molecule has 0 bridgehead atoms. The quantitative estimate of drug-likeness (QED) is 0.837. The van der Waals surface area contributed by atoms with Crippen molar-refractivity contribution in [2.75, 3.05) is 6.54 Å². The maximum absolute atomic E-state index is 11.9. The van der Waals surface area contributed by atoms with Crippen LogP contribution in [0, 0.1) is 5.92 Å². The molecule has 1 aromatic heterocycles. The van der Waals surface area contributed by atoms with Gasteiger partial charge in [0.15, 0.2) is 0 Å². The summed E-state index contributed by atoms with van der Waals surface area (Å²) in [5.41, 5.74) is 0.0425. The molecule has 1 heterocycles. The Balaban J connectivity index is 1.80. The van der Waals surface area contributed by atoms with Crippen LogP contribution >= 0.6 is 11.3 Å². The van der Waals surface area contributed by atoms with Crippen LogP contribution < -0.4 is 5.32 Å². The van der Waals surface area contributed by atoms with Gasteiger partial charge in [0.25, 0.3) is 0 Å². The monoisotopic (exact) mass is 322 g/mol. The highest BCUT2D eigenvalue weighted by atomic mass is 32.1. The number of hydrogen-bond donors (Lipinski definition) is 2. The highest BCUT2D eigenvalue weighted by Gasteiger charge is 2.20. The molecular formula is C17H26N2O2S. The highest BCUT2D eigenvalue weighted by molar-refractivity contribution is 7.12. The molecule has 1 fully saturated rings. The Hall–Kier alpha value is -1.20. The van der Waals surface area contributed by atoms with E-state index in [2.05, 4.69) is 31.1 Å². The summed E-state index contributed by atoms with van der Waals surface area (Å²) < 4.78 is 0.